The van der Waals surface area contributed by atoms with Gasteiger partial charge < -0.3 is 24.3 Å². The Balaban J connectivity index is 0.00000645. The molecule has 0 fully saturated rings. The minimum Gasteiger partial charge on any atom is -0.872 e. The van der Waals surface area contributed by atoms with E-state index in [9.17, 15) is 46.5 Å². The molecule has 3 rings (SSSR count). The normalized spacial score (nSPS) is 11.4. The van der Waals surface area contributed by atoms with Crippen LogP contribution in [0.3, 0.4) is 0 Å². The summed E-state index contributed by atoms with van der Waals surface area (Å²) < 4.78 is 71.5. The molecule has 0 bridgehead atoms. The number of ether oxygens (including phenoxy) is 1. The van der Waals surface area contributed by atoms with E-state index >= 15 is 0 Å². The summed E-state index contributed by atoms with van der Waals surface area (Å²) in [4.78, 5) is 20.2. The topological polar surface area (TPSA) is 277 Å². The zero-order chi connectivity index (χ0) is 31.2. The number of non-ortho nitro benzene ring substituents is 1. The monoisotopic (exact) mass is 689 g/mol. The summed E-state index contributed by atoms with van der Waals surface area (Å²) in [5.74, 6) is -3.20. The van der Waals surface area contributed by atoms with Crippen molar-refractivity contribution in [3.63, 3.8) is 0 Å². The number of carbonyl (C=O) groups excluding carboxylic acids is 1. The molecule has 3 aromatic carbocycles. The average Bonchev–Trinajstić information content (AvgIpc) is 2.89. The second-order valence-corrected chi connectivity index (χ2v) is 11.2. The maximum atomic E-state index is 11.7. The quantitative estimate of drug-likeness (QED) is 0.0464. The Hall–Kier alpha value is -1.85. The first-order valence-electron chi connectivity index (χ1n) is 11.4. The molecule has 0 aromatic heterocycles. The van der Waals surface area contributed by atoms with E-state index in [1.807, 2.05) is 0 Å². The van der Waals surface area contributed by atoms with Gasteiger partial charge in [-0.15, -0.1) is 10.2 Å². The number of azo groups is 2. The number of rotatable bonds is 12. The number of aromatic carboxylic acids is 1. The van der Waals surface area contributed by atoms with E-state index in [1.165, 1.54) is 25.1 Å². The van der Waals surface area contributed by atoms with Crippen molar-refractivity contribution >= 4 is 54.6 Å². The molecule has 0 saturated heterocycles. The van der Waals surface area contributed by atoms with Gasteiger partial charge in [0.25, 0.3) is 15.8 Å². The van der Waals surface area contributed by atoms with Gasteiger partial charge in [0.2, 0.25) is 0 Å². The third kappa shape index (κ3) is 13.1. The number of carboxylic acid groups (broad SMARTS) is 1. The van der Waals surface area contributed by atoms with E-state index in [-0.39, 0.29) is 125 Å². The predicted molar refractivity (Wildman–Crippen MR) is 137 cm³/mol. The van der Waals surface area contributed by atoms with E-state index in [0.29, 0.717) is 11.6 Å². The Morgan fingerprint density at radius 3 is 2.11 bits per heavy atom. The number of nitro groups is 1. The molecule has 0 unspecified atom stereocenters. The Labute approximate surface area is 322 Å². The van der Waals surface area contributed by atoms with Crippen molar-refractivity contribution in [2.45, 2.75) is 18.2 Å². The average molecular weight is 690 g/mol. The standard InChI is InChI=1S/C23H21N5O12S2.3Na/c1-13-9-19(27-24-14-3-6-20(29)16(10-14)23(30)31)21(40-7-2-8-41(34,35)36)12-18(13)26-25-17-5-4-15(28(32)33)11-22(17)42(37,38)39;;;/h3-6,9-12,29H,2,7-8H2,1H3,(H,30,31)(H,34,35,36)(H,37,38,39);;;/q;3*+1/p-3. The molecule has 0 aliphatic carbocycles. The smallest absolute Gasteiger partial charge is 0.872 e. The fourth-order valence-electron chi connectivity index (χ4n) is 3.25. The maximum Gasteiger partial charge on any atom is 1.00 e. The van der Waals surface area contributed by atoms with Crippen LogP contribution in [0, 0.1) is 17.0 Å². The Kier molecular flexibility index (Phi) is 17.7. The summed E-state index contributed by atoms with van der Waals surface area (Å²) in [6.45, 7) is 1.28. The molecule has 22 heteroatoms. The van der Waals surface area contributed by atoms with Crippen molar-refractivity contribution in [2.24, 2.45) is 20.5 Å². The number of nitro benzene ring substituents is 1. The van der Waals surface area contributed by atoms with Gasteiger partial charge in [0.15, 0.2) is 0 Å². The first kappa shape index (κ1) is 43.1. The number of nitrogens with zero attached hydrogens (tertiary/aromatic N) is 5. The number of carbonyl (C=O) groups is 1. The van der Waals surface area contributed by atoms with Crippen LogP contribution in [0.2, 0.25) is 0 Å². The molecule has 1 N–H and O–H groups in total. The predicted octanol–water partition coefficient (Wildman–Crippen LogP) is -6.26. The fraction of sp³-hybridized carbons (Fsp3) is 0.174. The van der Waals surface area contributed by atoms with Crippen LogP contribution in [0.5, 0.6) is 11.5 Å². The van der Waals surface area contributed by atoms with Crippen molar-refractivity contribution in [1.82, 2.24) is 0 Å². The van der Waals surface area contributed by atoms with Crippen LogP contribution in [0.25, 0.3) is 0 Å². The molecule has 17 nitrogen and oxygen atoms in total. The van der Waals surface area contributed by atoms with Gasteiger partial charge in [-0.3, -0.25) is 14.7 Å². The minimum absolute atomic E-state index is 0. The van der Waals surface area contributed by atoms with Gasteiger partial charge in [0, 0.05) is 18.2 Å². The van der Waals surface area contributed by atoms with E-state index in [2.05, 4.69) is 20.5 Å². The molecule has 0 amide bonds. The molecule has 222 valence electrons. The van der Waals surface area contributed by atoms with Crippen molar-refractivity contribution in [3.05, 3.63) is 69.8 Å². The van der Waals surface area contributed by atoms with Gasteiger partial charge in [-0.05, 0) is 48.7 Å². The summed E-state index contributed by atoms with van der Waals surface area (Å²) in [5, 5.41) is 49.3. The molecule has 0 heterocycles. The van der Waals surface area contributed by atoms with E-state index in [4.69, 9.17) is 9.29 Å². The van der Waals surface area contributed by atoms with Crippen LogP contribution in [0.4, 0.5) is 28.4 Å². The van der Waals surface area contributed by atoms with Crippen LogP contribution in [0.1, 0.15) is 22.3 Å². The number of hydrogen-bond acceptors (Lipinski definition) is 15. The molecule has 0 aliphatic rings. The van der Waals surface area contributed by atoms with E-state index < -0.39 is 64.5 Å². The SMILES string of the molecule is Cc1cc(N=Nc2ccc([O-])c(C(=O)[O-])c2)c(OCCCS(=O)(=O)O)cc1N=Nc1ccc([N+](=O)[O-])cc1S(=O)(=O)[O-].[Na+].[Na+].[Na+]. The third-order valence-electron chi connectivity index (χ3n) is 5.23. The first-order valence-corrected chi connectivity index (χ1v) is 14.4. The summed E-state index contributed by atoms with van der Waals surface area (Å²) in [7, 11) is -9.46. The van der Waals surface area contributed by atoms with Crippen molar-refractivity contribution in [2.75, 3.05) is 12.4 Å². The maximum absolute atomic E-state index is 11.7. The Morgan fingerprint density at radius 1 is 0.911 bits per heavy atom. The van der Waals surface area contributed by atoms with E-state index in [0.717, 1.165) is 24.3 Å². The summed E-state index contributed by atoms with van der Waals surface area (Å²) in [5.41, 5.74) is -1.41. The van der Waals surface area contributed by atoms with Gasteiger partial charge >= 0.3 is 88.7 Å². The molecule has 0 radical (unpaired) electrons. The largest absolute Gasteiger partial charge is 1.00 e. The van der Waals surface area contributed by atoms with E-state index in [1.54, 1.807) is 0 Å². The van der Waals surface area contributed by atoms with Gasteiger partial charge in [-0.2, -0.15) is 18.6 Å². The second-order valence-electron chi connectivity index (χ2n) is 8.33. The second kappa shape index (κ2) is 18.5. The number of benzene rings is 3. The molecule has 0 atom stereocenters. The summed E-state index contributed by atoms with van der Waals surface area (Å²) in [6.07, 6.45) is -0.145. The van der Waals surface area contributed by atoms with Crippen LogP contribution >= 0.6 is 0 Å². The molecule has 0 spiro atoms. The number of aryl methyl sites for hydroxylation is 1. The summed E-state index contributed by atoms with van der Waals surface area (Å²) >= 11 is 0. The summed E-state index contributed by atoms with van der Waals surface area (Å²) in [6, 6.07) is 8.11. The van der Waals surface area contributed by atoms with Gasteiger partial charge in [-0.1, -0.05) is 11.8 Å². The van der Waals surface area contributed by atoms with Gasteiger partial charge in [0.05, 0.1) is 39.5 Å². The van der Waals surface area contributed by atoms with Crippen molar-refractivity contribution in [3.8, 4) is 11.5 Å². The van der Waals surface area contributed by atoms with Gasteiger partial charge in [-0.25, -0.2) is 8.42 Å². The van der Waals surface area contributed by atoms with Gasteiger partial charge in [0.1, 0.15) is 27.2 Å². The molecule has 3 aromatic rings. The third-order valence-corrected chi connectivity index (χ3v) is 6.90. The molecule has 45 heavy (non-hydrogen) atoms. The molecular weight excluding hydrogens is 671 g/mol. The number of carboxylic acids is 1. The fourth-order valence-corrected chi connectivity index (χ4v) is 4.36. The zero-order valence-corrected chi connectivity index (χ0v) is 31.9. The van der Waals surface area contributed by atoms with Crippen LogP contribution < -0.4 is 104 Å². The van der Waals surface area contributed by atoms with Crippen molar-refractivity contribution < 1.29 is 139 Å². The van der Waals surface area contributed by atoms with Crippen LogP contribution in [-0.4, -0.2) is 49.2 Å². The van der Waals surface area contributed by atoms with Crippen LogP contribution in [0.15, 0.2) is 73.9 Å². The van der Waals surface area contributed by atoms with Crippen molar-refractivity contribution in [1.29, 1.82) is 0 Å². The Morgan fingerprint density at radius 2 is 1.53 bits per heavy atom. The molecule has 0 saturated carbocycles. The minimum atomic E-state index is -5.18. The molecule has 0 aliphatic heterocycles. The first-order chi connectivity index (χ1) is 19.5. The zero-order valence-electron chi connectivity index (χ0n) is 24.2. The molecular formula is C23H18N5Na3O12S2. The number of hydrogen-bond donors (Lipinski definition) is 1. The Bertz CT molecular complexity index is 1840. The van der Waals surface area contributed by atoms with Crippen LogP contribution in [-0.2, 0) is 20.2 Å².